The molecule has 2 heterocycles. The Morgan fingerprint density at radius 1 is 1.27 bits per heavy atom. The van der Waals surface area contributed by atoms with E-state index in [-0.39, 0.29) is 5.95 Å². The number of carbonyl (C=O) groups excluding carboxylic acids is 2. The Kier molecular flexibility index (Phi) is 4.97. The fourth-order valence-corrected chi connectivity index (χ4v) is 2.24. The zero-order valence-corrected chi connectivity index (χ0v) is 14.1. The highest BCUT2D eigenvalue weighted by Crippen LogP contribution is 2.26. The first-order valence-electron chi connectivity index (χ1n) is 7.78. The number of rotatable bonds is 6. The molecule has 3 rings (SSSR count). The van der Waals surface area contributed by atoms with Crippen LogP contribution in [-0.2, 0) is 4.79 Å². The van der Waals surface area contributed by atoms with Crippen molar-refractivity contribution >= 4 is 17.8 Å². The minimum atomic E-state index is -0.786. The molecule has 0 spiro atoms. The predicted octanol–water partition coefficient (Wildman–Crippen LogP) is 1.83. The summed E-state index contributed by atoms with van der Waals surface area (Å²) in [4.78, 5) is 28.4. The molecule has 26 heavy (non-hydrogen) atoms. The molecule has 0 fully saturated rings. The van der Waals surface area contributed by atoms with Crippen LogP contribution < -0.4 is 15.4 Å². The highest BCUT2D eigenvalue weighted by molar-refractivity contribution is 6.00. The number of ether oxygens (including phenoxy) is 1. The highest BCUT2D eigenvalue weighted by atomic mass is 16.5. The number of hydrogen-bond donors (Lipinski definition) is 3. The molecular formula is C17H17N5O4. The Morgan fingerprint density at radius 2 is 2.08 bits per heavy atom. The van der Waals surface area contributed by atoms with Crippen LogP contribution in [0.4, 0.5) is 5.95 Å². The van der Waals surface area contributed by atoms with Gasteiger partial charge in [-0.2, -0.15) is 4.98 Å². The Balaban J connectivity index is 1.65. The van der Waals surface area contributed by atoms with E-state index in [1.807, 2.05) is 18.2 Å². The number of nitrogens with one attached hydrogen (secondary N) is 3. The van der Waals surface area contributed by atoms with Gasteiger partial charge in [0.05, 0.1) is 24.5 Å². The lowest BCUT2D eigenvalue weighted by Crippen LogP contribution is -2.41. The molecule has 134 valence electrons. The van der Waals surface area contributed by atoms with Crippen LogP contribution in [0, 0.1) is 0 Å². The quantitative estimate of drug-likeness (QED) is 0.620. The van der Waals surface area contributed by atoms with Gasteiger partial charge in [0.1, 0.15) is 18.1 Å². The van der Waals surface area contributed by atoms with Gasteiger partial charge < -0.3 is 14.5 Å². The Bertz CT molecular complexity index is 904. The summed E-state index contributed by atoms with van der Waals surface area (Å²) in [6.45, 7) is 1.56. The number of amides is 2. The van der Waals surface area contributed by atoms with E-state index in [4.69, 9.17) is 9.15 Å². The van der Waals surface area contributed by atoms with E-state index < -0.39 is 17.9 Å². The fraction of sp³-hybridized carbons (Fsp3) is 0.176. The zero-order valence-electron chi connectivity index (χ0n) is 14.1. The molecule has 3 aromatic rings. The van der Waals surface area contributed by atoms with E-state index in [0.29, 0.717) is 22.7 Å². The van der Waals surface area contributed by atoms with Crippen LogP contribution in [0.15, 0.2) is 47.3 Å². The minimum Gasteiger partial charge on any atom is -0.496 e. The molecule has 3 N–H and O–H groups in total. The van der Waals surface area contributed by atoms with Crippen molar-refractivity contribution in [2.45, 2.75) is 13.0 Å². The molecule has 9 nitrogen and oxygen atoms in total. The van der Waals surface area contributed by atoms with Crippen molar-refractivity contribution in [1.29, 1.82) is 0 Å². The third-order valence-electron chi connectivity index (χ3n) is 3.61. The second-order valence-corrected chi connectivity index (χ2v) is 5.40. The second-order valence-electron chi connectivity index (χ2n) is 5.40. The maximum absolute atomic E-state index is 12.2. The molecule has 0 aliphatic carbocycles. The van der Waals surface area contributed by atoms with E-state index in [1.54, 1.807) is 20.1 Å². The largest absolute Gasteiger partial charge is 0.496 e. The number of hydrogen-bond acceptors (Lipinski definition) is 6. The van der Waals surface area contributed by atoms with Crippen molar-refractivity contribution in [3.05, 3.63) is 48.4 Å². The summed E-state index contributed by atoms with van der Waals surface area (Å²) < 4.78 is 10.1. The number of anilines is 1. The van der Waals surface area contributed by atoms with Crippen LogP contribution in [0.25, 0.3) is 11.4 Å². The summed E-state index contributed by atoms with van der Waals surface area (Å²) in [6, 6.07) is 8.01. The van der Waals surface area contributed by atoms with E-state index in [0.717, 1.165) is 0 Å². The summed E-state index contributed by atoms with van der Waals surface area (Å²) in [7, 11) is 1.56. The summed E-state index contributed by atoms with van der Waals surface area (Å²) in [6.07, 6.45) is 2.68. The lowest BCUT2D eigenvalue weighted by molar-refractivity contribution is -0.117. The zero-order chi connectivity index (χ0) is 18.5. The van der Waals surface area contributed by atoms with Crippen LogP contribution in [0.1, 0.15) is 17.3 Å². The van der Waals surface area contributed by atoms with Crippen molar-refractivity contribution in [2.24, 2.45) is 0 Å². The number of H-pyrrole nitrogens is 1. The summed E-state index contributed by atoms with van der Waals surface area (Å²) >= 11 is 0. The van der Waals surface area contributed by atoms with Gasteiger partial charge in [-0.1, -0.05) is 12.1 Å². The average Bonchev–Trinajstić information content (AvgIpc) is 3.33. The van der Waals surface area contributed by atoms with Crippen LogP contribution in [0.3, 0.4) is 0 Å². The maximum Gasteiger partial charge on any atom is 0.255 e. The minimum absolute atomic E-state index is 0.0975. The number of methoxy groups -OCH3 is 1. The second kappa shape index (κ2) is 7.51. The molecule has 0 aliphatic rings. The molecule has 1 aromatic carbocycles. The number of para-hydroxylation sites is 1. The lowest BCUT2D eigenvalue weighted by atomic mass is 10.2. The molecule has 0 radical (unpaired) electrons. The molecule has 0 saturated carbocycles. The molecule has 0 unspecified atom stereocenters. The van der Waals surface area contributed by atoms with Crippen LogP contribution in [-0.4, -0.2) is 40.1 Å². The van der Waals surface area contributed by atoms with Gasteiger partial charge >= 0.3 is 0 Å². The van der Waals surface area contributed by atoms with Gasteiger partial charge in [0.15, 0.2) is 5.82 Å². The summed E-state index contributed by atoms with van der Waals surface area (Å²) in [5.41, 5.74) is 1.05. The monoisotopic (exact) mass is 355 g/mol. The topological polar surface area (TPSA) is 122 Å². The fourth-order valence-electron chi connectivity index (χ4n) is 2.24. The third-order valence-corrected chi connectivity index (χ3v) is 3.61. The normalized spacial score (nSPS) is 11.6. The van der Waals surface area contributed by atoms with Gasteiger partial charge in [0, 0.05) is 0 Å². The van der Waals surface area contributed by atoms with Gasteiger partial charge in [-0.15, -0.1) is 5.10 Å². The molecule has 0 saturated heterocycles. The standard InChI is InChI=1S/C17H17N5O4/c1-10(18-16(24)11-7-8-26-9-11)15(23)20-17-19-14(21-22-17)12-5-3-4-6-13(12)25-2/h3-10H,1-2H3,(H,18,24)(H2,19,20,21,22,23)/t10-/m0/s1. The molecule has 1 atom stereocenters. The van der Waals surface area contributed by atoms with Crippen LogP contribution >= 0.6 is 0 Å². The molecule has 2 amide bonds. The van der Waals surface area contributed by atoms with E-state index in [1.165, 1.54) is 18.6 Å². The number of aromatic nitrogens is 3. The molecule has 0 bridgehead atoms. The van der Waals surface area contributed by atoms with Crippen molar-refractivity contribution in [2.75, 3.05) is 12.4 Å². The number of aromatic amines is 1. The van der Waals surface area contributed by atoms with Gasteiger partial charge in [-0.05, 0) is 25.1 Å². The summed E-state index contributed by atoms with van der Waals surface area (Å²) in [5.74, 6) is 0.314. The van der Waals surface area contributed by atoms with E-state index >= 15 is 0 Å². The SMILES string of the molecule is COc1ccccc1-c1nc(NC(=O)[C@H](C)NC(=O)c2ccoc2)n[nH]1. The number of benzene rings is 1. The number of carbonyl (C=O) groups is 2. The highest BCUT2D eigenvalue weighted by Gasteiger charge is 2.19. The first kappa shape index (κ1) is 17.2. The lowest BCUT2D eigenvalue weighted by Gasteiger charge is -2.11. The number of furan rings is 1. The van der Waals surface area contributed by atoms with Gasteiger partial charge in [0.2, 0.25) is 11.9 Å². The van der Waals surface area contributed by atoms with Crippen molar-refractivity contribution in [3.8, 4) is 17.1 Å². The average molecular weight is 355 g/mol. The van der Waals surface area contributed by atoms with E-state index in [2.05, 4.69) is 25.8 Å². The van der Waals surface area contributed by atoms with Crippen LogP contribution in [0.2, 0.25) is 0 Å². The first-order valence-corrected chi connectivity index (χ1v) is 7.78. The van der Waals surface area contributed by atoms with E-state index in [9.17, 15) is 9.59 Å². The van der Waals surface area contributed by atoms with Gasteiger partial charge in [-0.3, -0.25) is 20.0 Å². The summed E-state index contributed by atoms with van der Waals surface area (Å²) in [5, 5.41) is 11.8. The van der Waals surface area contributed by atoms with Gasteiger partial charge in [-0.25, -0.2) is 0 Å². The number of nitrogens with zero attached hydrogens (tertiary/aromatic N) is 2. The van der Waals surface area contributed by atoms with Gasteiger partial charge in [0.25, 0.3) is 5.91 Å². The Morgan fingerprint density at radius 3 is 2.81 bits per heavy atom. The molecule has 0 aliphatic heterocycles. The van der Waals surface area contributed by atoms with Crippen molar-refractivity contribution in [3.63, 3.8) is 0 Å². The smallest absolute Gasteiger partial charge is 0.255 e. The van der Waals surface area contributed by atoms with Crippen molar-refractivity contribution in [1.82, 2.24) is 20.5 Å². The van der Waals surface area contributed by atoms with Crippen LogP contribution in [0.5, 0.6) is 5.75 Å². The molecular weight excluding hydrogens is 338 g/mol. The molecule has 9 heteroatoms. The Hall–Kier alpha value is -3.62. The van der Waals surface area contributed by atoms with Crippen molar-refractivity contribution < 1.29 is 18.7 Å². The predicted molar refractivity (Wildman–Crippen MR) is 92.6 cm³/mol. The Labute approximate surface area is 148 Å². The third kappa shape index (κ3) is 3.72. The molecule has 2 aromatic heterocycles. The first-order chi connectivity index (χ1) is 12.6. The maximum atomic E-state index is 12.2.